The molecule has 2 N–H and O–H groups in total. The summed E-state index contributed by atoms with van der Waals surface area (Å²) in [5, 5.41) is 6.06. The molecule has 1 atom stereocenters. The van der Waals surface area contributed by atoms with Gasteiger partial charge in [0.05, 0.1) is 33.2 Å². The van der Waals surface area contributed by atoms with E-state index in [9.17, 15) is 9.59 Å². The average molecular weight is 375 g/mol. The van der Waals surface area contributed by atoms with Gasteiger partial charge in [0, 0.05) is 0 Å². The van der Waals surface area contributed by atoms with E-state index in [0.717, 1.165) is 5.52 Å². The Labute approximate surface area is 152 Å². The topological polar surface area (TPSA) is 76.0 Å². The number of rotatable bonds is 2. The van der Waals surface area contributed by atoms with E-state index < -0.39 is 6.04 Å². The number of para-hydroxylation sites is 2. The second-order valence-electron chi connectivity index (χ2n) is 5.65. The number of aromatic nitrogens is 2. The first kappa shape index (κ1) is 15.9. The molecule has 4 rings (SSSR count). The van der Waals surface area contributed by atoms with E-state index in [2.05, 4.69) is 15.6 Å². The summed E-state index contributed by atoms with van der Waals surface area (Å²) in [7, 11) is 0. The zero-order valence-electron chi connectivity index (χ0n) is 12.8. The third-order valence-corrected chi connectivity index (χ3v) is 4.87. The summed E-state index contributed by atoms with van der Waals surface area (Å²) in [4.78, 5) is 29.2. The third kappa shape index (κ3) is 2.73. The number of imidazole rings is 1. The van der Waals surface area contributed by atoms with Gasteiger partial charge in [0.25, 0.3) is 0 Å². The van der Waals surface area contributed by atoms with E-state index in [-0.39, 0.29) is 23.3 Å². The number of hydrogen-bond acceptors (Lipinski definition) is 3. The highest BCUT2D eigenvalue weighted by Gasteiger charge is 2.33. The monoisotopic (exact) mass is 374 g/mol. The van der Waals surface area contributed by atoms with Crippen LogP contribution < -0.4 is 10.6 Å². The molecule has 126 valence electrons. The minimum absolute atomic E-state index is 0.0113. The molecular weight excluding hydrogens is 363 g/mol. The van der Waals surface area contributed by atoms with Gasteiger partial charge in [-0.3, -0.25) is 19.5 Å². The van der Waals surface area contributed by atoms with Crippen LogP contribution in [0.3, 0.4) is 0 Å². The predicted molar refractivity (Wildman–Crippen MR) is 97.1 cm³/mol. The fourth-order valence-corrected chi connectivity index (χ4v) is 3.26. The van der Waals surface area contributed by atoms with Crippen molar-refractivity contribution in [1.82, 2.24) is 9.55 Å². The molecule has 3 aromatic rings. The normalized spacial score (nSPS) is 16.4. The number of benzene rings is 2. The fraction of sp³-hybridized carbons (Fsp3) is 0.118. The number of anilines is 2. The number of amides is 2. The third-order valence-electron chi connectivity index (χ3n) is 4.05. The molecule has 2 aromatic carbocycles. The van der Waals surface area contributed by atoms with Gasteiger partial charge in [-0.1, -0.05) is 41.4 Å². The van der Waals surface area contributed by atoms with E-state index in [1.54, 1.807) is 22.8 Å². The van der Waals surface area contributed by atoms with Crippen LogP contribution in [0.15, 0.2) is 42.5 Å². The summed E-state index contributed by atoms with van der Waals surface area (Å²) in [5.74, 6) is -0.265. The fourth-order valence-electron chi connectivity index (χ4n) is 2.92. The van der Waals surface area contributed by atoms with E-state index in [1.165, 1.54) is 0 Å². The number of halogens is 2. The molecule has 0 saturated heterocycles. The highest BCUT2D eigenvalue weighted by Crippen LogP contribution is 2.33. The smallest absolute Gasteiger partial charge is 0.248 e. The molecule has 0 fully saturated rings. The Bertz CT molecular complexity index is 1020. The van der Waals surface area contributed by atoms with Gasteiger partial charge in [-0.15, -0.1) is 0 Å². The minimum Gasteiger partial charge on any atom is -0.323 e. The van der Waals surface area contributed by atoms with Crippen LogP contribution in [0.25, 0.3) is 11.0 Å². The Balaban J connectivity index is 1.74. The van der Waals surface area contributed by atoms with Crippen molar-refractivity contribution in [3.63, 3.8) is 0 Å². The van der Waals surface area contributed by atoms with E-state index in [4.69, 9.17) is 23.2 Å². The number of fused-ring (bicyclic) bond motifs is 3. The van der Waals surface area contributed by atoms with Crippen LogP contribution >= 0.6 is 23.2 Å². The molecule has 1 aliphatic heterocycles. The predicted octanol–water partition coefficient (Wildman–Crippen LogP) is 3.87. The maximum atomic E-state index is 12.8. The van der Waals surface area contributed by atoms with Gasteiger partial charge >= 0.3 is 0 Å². The van der Waals surface area contributed by atoms with Gasteiger partial charge < -0.3 is 5.32 Å². The molecule has 0 saturated carbocycles. The summed E-state index contributed by atoms with van der Waals surface area (Å²) in [6.45, 7) is 0. The summed E-state index contributed by atoms with van der Waals surface area (Å²) in [5.41, 5.74) is 1.88. The maximum absolute atomic E-state index is 12.8. The van der Waals surface area contributed by atoms with Crippen molar-refractivity contribution in [3.05, 3.63) is 52.5 Å². The zero-order chi connectivity index (χ0) is 17.6. The van der Waals surface area contributed by atoms with Gasteiger partial charge in [-0.25, -0.2) is 4.98 Å². The lowest BCUT2D eigenvalue weighted by atomic mass is 10.1. The van der Waals surface area contributed by atoms with Crippen LogP contribution in [0.1, 0.15) is 12.5 Å². The number of carbonyl (C=O) groups is 2. The molecule has 2 amide bonds. The molecule has 25 heavy (non-hydrogen) atoms. The largest absolute Gasteiger partial charge is 0.323 e. The van der Waals surface area contributed by atoms with Gasteiger partial charge in [0.2, 0.25) is 17.8 Å². The molecule has 0 bridgehead atoms. The van der Waals surface area contributed by atoms with Crippen molar-refractivity contribution in [2.24, 2.45) is 0 Å². The van der Waals surface area contributed by atoms with E-state index in [0.29, 0.717) is 22.2 Å². The van der Waals surface area contributed by atoms with Crippen molar-refractivity contribution in [3.8, 4) is 0 Å². The summed E-state index contributed by atoms with van der Waals surface area (Å²) in [6.07, 6.45) is 0.0113. The van der Waals surface area contributed by atoms with Gasteiger partial charge in [-0.05, 0) is 24.3 Å². The summed E-state index contributed by atoms with van der Waals surface area (Å²) < 4.78 is 1.73. The van der Waals surface area contributed by atoms with Gasteiger partial charge in [0.1, 0.15) is 6.04 Å². The SMILES string of the molecule is O=C1C[C@H](C(=O)Nc2cccc(Cl)c2Cl)n2c(nc3ccccc32)N1. The molecular formula is C17H12Cl2N4O2. The standard InChI is InChI=1S/C17H12Cl2N4O2/c18-9-4-3-6-11(15(9)19)20-16(25)13-8-14(24)22-17-21-10-5-1-2-7-12(10)23(13)17/h1-7,13H,8H2,(H,20,25)(H,21,22,24)/t13-/m1/s1. The Kier molecular flexibility index (Phi) is 3.86. The van der Waals surface area contributed by atoms with Crippen molar-refractivity contribution < 1.29 is 9.59 Å². The maximum Gasteiger partial charge on any atom is 0.248 e. The van der Waals surface area contributed by atoms with Crippen LogP contribution in [-0.4, -0.2) is 21.4 Å². The molecule has 8 heteroatoms. The molecule has 0 aliphatic carbocycles. The molecule has 0 radical (unpaired) electrons. The Morgan fingerprint density at radius 2 is 2.00 bits per heavy atom. The first-order valence-corrected chi connectivity index (χ1v) is 8.32. The van der Waals surface area contributed by atoms with Crippen LogP contribution in [-0.2, 0) is 9.59 Å². The average Bonchev–Trinajstić information content (AvgIpc) is 2.96. The summed E-state index contributed by atoms with van der Waals surface area (Å²) in [6, 6.07) is 11.6. The Hall–Kier alpha value is -2.57. The van der Waals surface area contributed by atoms with E-state index in [1.807, 2.05) is 24.3 Å². The highest BCUT2D eigenvalue weighted by molar-refractivity contribution is 6.44. The minimum atomic E-state index is -0.730. The molecule has 0 spiro atoms. The van der Waals surface area contributed by atoms with Crippen molar-refractivity contribution in [1.29, 1.82) is 0 Å². The number of nitrogens with one attached hydrogen (secondary N) is 2. The second-order valence-corrected chi connectivity index (χ2v) is 6.44. The van der Waals surface area contributed by atoms with Crippen molar-refractivity contribution >= 4 is 57.7 Å². The number of hydrogen-bond donors (Lipinski definition) is 2. The first-order chi connectivity index (χ1) is 12.0. The van der Waals surface area contributed by atoms with Gasteiger partial charge in [-0.2, -0.15) is 0 Å². The molecule has 0 unspecified atom stereocenters. The summed E-state index contributed by atoms with van der Waals surface area (Å²) >= 11 is 12.1. The van der Waals surface area contributed by atoms with Crippen LogP contribution in [0, 0.1) is 0 Å². The lowest BCUT2D eigenvalue weighted by Gasteiger charge is -2.25. The molecule has 6 nitrogen and oxygen atoms in total. The second kappa shape index (κ2) is 6.06. The van der Waals surface area contributed by atoms with Crippen molar-refractivity contribution in [2.75, 3.05) is 10.6 Å². The number of nitrogens with zero attached hydrogens (tertiary/aromatic N) is 2. The Morgan fingerprint density at radius 3 is 2.84 bits per heavy atom. The molecule has 1 aliphatic rings. The van der Waals surface area contributed by atoms with Crippen LogP contribution in [0.2, 0.25) is 10.0 Å². The lowest BCUT2D eigenvalue weighted by molar-refractivity contribution is -0.124. The lowest BCUT2D eigenvalue weighted by Crippen LogP contribution is -2.35. The number of carbonyl (C=O) groups excluding carboxylic acids is 2. The highest BCUT2D eigenvalue weighted by atomic mass is 35.5. The quantitative estimate of drug-likeness (QED) is 0.714. The first-order valence-electron chi connectivity index (χ1n) is 7.56. The molecule has 2 heterocycles. The van der Waals surface area contributed by atoms with Crippen LogP contribution in [0.5, 0.6) is 0 Å². The van der Waals surface area contributed by atoms with Crippen molar-refractivity contribution in [2.45, 2.75) is 12.5 Å². The molecule has 1 aromatic heterocycles. The Morgan fingerprint density at radius 1 is 1.20 bits per heavy atom. The van der Waals surface area contributed by atoms with E-state index >= 15 is 0 Å². The zero-order valence-corrected chi connectivity index (χ0v) is 14.3. The van der Waals surface area contributed by atoms with Crippen LogP contribution in [0.4, 0.5) is 11.6 Å². The van der Waals surface area contributed by atoms with Gasteiger partial charge in [0.15, 0.2) is 0 Å².